The van der Waals surface area contributed by atoms with Crippen LogP contribution in [0.25, 0.3) is 0 Å². The van der Waals surface area contributed by atoms with Crippen molar-refractivity contribution < 1.29 is 4.79 Å². The minimum atomic E-state index is -0.0325. The number of amides is 2. The number of hydrogen-bond acceptors (Lipinski definition) is 2. The Morgan fingerprint density at radius 1 is 1.14 bits per heavy atom. The van der Waals surface area contributed by atoms with Crippen LogP contribution in [0.1, 0.15) is 72.1 Å². The van der Waals surface area contributed by atoms with Crippen LogP contribution in [-0.2, 0) is 0 Å². The Kier molecular flexibility index (Phi) is 6.54. The van der Waals surface area contributed by atoms with E-state index in [-0.39, 0.29) is 11.6 Å². The molecule has 2 amide bonds. The second-order valence-corrected chi connectivity index (χ2v) is 7.65. The predicted octanol–water partition coefficient (Wildman–Crippen LogP) is 3.62. The molecule has 1 unspecified atom stereocenters. The molecule has 0 radical (unpaired) electrons. The Morgan fingerprint density at radius 2 is 1.86 bits per heavy atom. The smallest absolute Gasteiger partial charge is 0.317 e. The van der Waals surface area contributed by atoms with Gasteiger partial charge in [-0.1, -0.05) is 26.2 Å². The van der Waals surface area contributed by atoms with E-state index in [4.69, 9.17) is 0 Å². The lowest BCUT2D eigenvalue weighted by Crippen LogP contribution is -2.60. The molecular formula is C18H35N3O. The zero-order chi connectivity index (χ0) is 16.0. The summed E-state index contributed by atoms with van der Waals surface area (Å²) in [6.45, 7) is 10.9. The van der Waals surface area contributed by atoms with Crippen LogP contribution in [0.2, 0.25) is 0 Å². The minimum absolute atomic E-state index is 0.0325. The number of piperidine rings is 2. The van der Waals surface area contributed by atoms with Gasteiger partial charge in [0, 0.05) is 24.7 Å². The van der Waals surface area contributed by atoms with Crippen molar-refractivity contribution in [2.24, 2.45) is 0 Å². The van der Waals surface area contributed by atoms with Crippen molar-refractivity contribution in [2.75, 3.05) is 26.2 Å². The van der Waals surface area contributed by atoms with Crippen molar-refractivity contribution in [1.29, 1.82) is 0 Å². The molecule has 0 spiro atoms. The van der Waals surface area contributed by atoms with Crippen LogP contribution in [0.4, 0.5) is 4.79 Å². The van der Waals surface area contributed by atoms with Gasteiger partial charge in [0.05, 0.1) is 0 Å². The van der Waals surface area contributed by atoms with Crippen molar-refractivity contribution in [2.45, 2.75) is 83.7 Å². The van der Waals surface area contributed by atoms with Crippen LogP contribution in [-0.4, -0.2) is 53.6 Å². The number of likely N-dealkylation sites (tertiary alicyclic amines) is 2. The molecule has 4 heteroatoms. The maximum absolute atomic E-state index is 12.5. The number of nitrogens with one attached hydrogen (secondary N) is 1. The van der Waals surface area contributed by atoms with Gasteiger partial charge >= 0.3 is 6.03 Å². The summed E-state index contributed by atoms with van der Waals surface area (Å²) in [6, 6.07) is 0.803. The molecule has 2 fully saturated rings. The summed E-state index contributed by atoms with van der Waals surface area (Å²) in [5, 5.41) is 3.11. The second-order valence-electron chi connectivity index (χ2n) is 7.65. The standard InChI is InChI=1S/C18H35N3O/c1-4-5-7-11-19-17(22)21-14-10-16(15-18(21,2)3)20-12-8-6-9-13-20/h16H,4-15H2,1-3H3,(H,19,22). The first-order chi connectivity index (χ1) is 10.5. The van der Waals surface area contributed by atoms with Gasteiger partial charge in [0.1, 0.15) is 0 Å². The van der Waals surface area contributed by atoms with Crippen LogP contribution >= 0.6 is 0 Å². The lowest BCUT2D eigenvalue weighted by atomic mass is 9.85. The van der Waals surface area contributed by atoms with Crippen molar-refractivity contribution in [3.63, 3.8) is 0 Å². The number of urea groups is 1. The summed E-state index contributed by atoms with van der Waals surface area (Å²) in [5.41, 5.74) is -0.0325. The third kappa shape index (κ3) is 4.61. The van der Waals surface area contributed by atoms with Crippen LogP contribution in [0.15, 0.2) is 0 Å². The molecule has 0 aliphatic carbocycles. The average Bonchev–Trinajstić information content (AvgIpc) is 2.51. The monoisotopic (exact) mass is 309 g/mol. The van der Waals surface area contributed by atoms with Gasteiger partial charge in [-0.3, -0.25) is 0 Å². The lowest BCUT2D eigenvalue weighted by molar-refractivity contribution is 0.0341. The van der Waals surface area contributed by atoms with E-state index in [1.54, 1.807) is 0 Å². The van der Waals surface area contributed by atoms with Crippen molar-refractivity contribution >= 4 is 6.03 Å². The molecule has 1 N–H and O–H groups in total. The second kappa shape index (κ2) is 8.19. The van der Waals surface area contributed by atoms with E-state index in [2.05, 4.69) is 35.9 Å². The van der Waals surface area contributed by atoms with Gasteiger partial charge in [0.15, 0.2) is 0 Å². The highest BCUT2D eigenvalue weighted by Crippen LogP contribution is 2.31. The predicted molar refractivity (Wildman–Crippen MR) is 92.2 cm³/mol. The largest absolute Gasteiger partial charge is 0.338 e. The van der Waals surface area contributed by atoms with Crippen LogP contribution in [0, 0.1) is 0 Å². The molecule has 1 atom stereocenters. The van der Waals surface area contributed by atoms with Crippen LogP contribution in [0.3, 0.4) is 0 Å². The average molecular weight is 309 g/mol. The van der Waals surface area contributed by atoms with Gasteiger partial charge in [-0.05, 0) is 59.0 Å². The molecule has 128 valence electrons. The summed E-state index contributed by atoms with van der Waals surface area (Å²) in [6.07, 6.45) is 9.80. The third-order valence-electron chi connectivity index (χ3n) is 5.36. The fourth-order valence-corrected chi connectivity index (χ4v) is 4.01. The molecule has 2 rings (SSSR count). The highest BCUT2D eigenvalue weighted by molar-refractivity contribution is 5.75. The molecule has 0 aromatic rings. The fourth-order valence-electron chi connectivity index (χ4n) is 4.01. The normalized spacial score (nSPS) is 26.0. The van der Waals surface area contributed by atoms with E-state index in [1.807, 2.05) is 0 Å². The number of carbonyl (C=O) groups excluding carboxylic acids is 1. The van der Waals surface area contributed by atoms with E-state index in [0.29, 0.717) is 6.04 Å². The maximum atomic E-state index is 12.5. The van der Waals surface area contributed by atoms with Crippen molar-refractivity contribution in [3.05, 3.63) is 0 Å². The quantitative estimate of drug-likeness (QED) is 0.787. The van der Waals surface area contributed by atoms with Gasteiger partial charge in [-0.15, -0.1) is 0 Å². The van der Waals surface area contributed by atoms with Crippen LogP contribution in [0.5, 0.6) is 0 Å². The minimum Gasteiger partial charge on any atom is -0.338 e. The Morgan fingerprint density at radius 3 is 2.50 bits per heavy atom. The summed E-state index contributed by atoms with van der Waals surface area (Å²) >= 11 is 0. The number of rotatable bonds is 5. The molecule has 0 aromatic carbocycles. The maximum Gasteiger partial charge on any atom is 0.317 e. The van der Waals surface area contributed by atoms with Gasteiger partial charge in [-0.25, -0.2) is 4.79 Å². The highest BCUT2D eigenvalue weighted by Gasteiger charge is 2.39. The van der Waals surface area contributed by atoms with Crippen LogP contribution < -0.4 is 5.32 Å². The van der Waals surface area contributed by atoms with Crippen molar-refractivity contribution in [1.82, 2.24) is 15.1 Å². The molecule has 22 heavy (non-hydrogen) atoms. The molecule has 2 aliphatic heterocycles. The first-order valence-corrected chi connectivity index (χ1v) is 9.34. The zero-order valence-corrected chi connectivity index (χ0v) is 14.9. The number of nitrogens with zero attached hydrogens (tertiary/aromatic N) is 2. The van der Waals surface area contributed by atoms with E-state index < -0.39 is 0 Å². The van der Waals surface area contributed by atoms with E-state index in [9.17, 15) is 4.79 Å². The zero-order valence-electron chi connectivity index (χ0n) is 14.9. The molecule has 0 aromatic heterocycles. The Bertz CT molecular complexity index is 350. The summed E-state index contributed by atoms with van der Waals surface area (Å²) in [4.78, 5) is 17.2. The first kappa shape index (κ1) is 17.6. The first-order valence-electron chi connectivity index (χ1n) is 9.34. The van der Waals surface area contributed by atoms with E-state index in [1.165, 1.54) is 45.2 Å². The van der Waals surface area contributed by atoms with E-state index >= 15 is 0 Å². The lowest BCUT2D eigenvalue weighted by Gasteiger charge is -2.49. The number of carbonyl (C=O) groups is 1. The fraction of sp³-hybridized carbons (Fsp3) is 0.944. The number of hydrogen-bond donors (Lipinski definition) is 1. The van der Waals surface area contributed by atoms with Gasteiger partial charge < -0.3 is 15.1 Å². The van der Waals surface area contributed by atoms with E-state index in [0.717, 1.165) is 32.4 Å². The van der Waals surface area contributed by atoms with Gasteiger partial charge in [0.2, 0.25) is 0 Å². The third-order valence-corrected chi connectivity index (χ3v) is 5.36. The summed E-state index contributed by atoms with van der Waals surface area (Å²) in [7, 11) is 0. The number of unbranched alkanes of at least 4 members (excludes halogenated alkanes) is 2. The molecule has 2 heterocycles. The summed E-state index contributed by atoms with van der Waals surface area (Å²) in [5.74, 6) is 0. The van der Waals surface area contributed by atoms with Gasteiger partial charge in [-0.2, -0.15) is 0 Å². The topological polar surface area (TPSA) is 35.6 Å². The Labute approximate surface area is 136 Å². The Hall–Kier alpha value is -0.770. The molecule has 2 saturated heterocycles. The Balaban J connectivity index is 1.83. The van der Waals surface area contributed by atoms with Gasteiger partial charge in [0.25, 0.3) is 0 Å². The SMILES string of the molecule is CCCCCNC(=O)N1CCC(N2CCCCC2)CC1(C)C. The highest BCUT2D eigenvalue weighted by atomic mass is 16.2. The van der Waals surface area contributed by atoms with Crippen molar-refractivity contribution in [3.8, 4) is 0 Å². The molecule has 0 bridgehead atoms. The molecular weight excluding hydrogens is 274 g/mol. The molecule has 0 saturated carbocycles. The summed E-state index contributed by atoms with van der Waals surface area (Å²) < 4.78 is 0. The molecule has 4 nitrogen and oxygen atoms in total. The molecule has 2 aliphatic rings.